The molecule has 2 aliphatic heterocycles. The fourth-order valence-electron chi connectivity index (χ4n) is 4.70. The zero-order chi connectivity index (χ0) is 24.1. The Kier molecular flexibility index (Phi) is 5.34. The molecular weight excluding hydrogens is 458 g/mol. The van der Waals surface area contributed by atoms with Gasteiger partial charge in [-0.15, -0.1) is 0 Å². The normalized spacial score (nSPS) is 21.8. The van der Waals surface area contributed by atoms with Gasteiger partial charge in [0.15, 0.2) is 6.10 Å². The van der Waals surface area contributed by atoms with Gasteiger partial charge in [-0.3, -0.25) is 24.5 Å². The number of nitro groups is 1. The lowest BCUT2D eigenvalue weighted by molar-refractivity contribution is -0.384. The minimum absolute atomic E-state index is 0.0128. The lowest BCUT2D eigenvalue weighted by Crippen LogP contribution is -2.37. The van der Waals surface area contributed by atoms with Gasteiger partial charge in [-0.05, 0) is 49.2 Å². The maximum Gasteiger partial charge on any atom is 0.288 e. The van der Waals surface area contributed by atoms with Gasteiger partial charge in [-0.25, -0.2) is 9.96 Å². The Morgan fingerprint density at radius 2 is 1.71 bits per heavy atom. The minimum atomic E-state index is -1.06. The number of rotatable bonds is 4. The van der Waals surface area contributed by atoms with Crippen molar-refractivity contribution in [3.8, 4) is 0 Å². The van der Waals surface area contributed by atoms with E-state index in [9.17, 15) is 19.7 Å². The van der Waals surface area contributed by atoms with E-state index in [0.717, 1.165) is 11.1 Å². The Morgan fingerprint density at radius 1 is 0.971 bits per heavy atom. The van der Waals surface area contributed by atoms with E-state index in [1.807, 2.05) is 32.0 Å². The molecule has 5 rings (SSSR count). The Morgan fingerprint density at radius 3 is 2.38 bits per heavy atom. The number of hydrogen-bond donors (Lipinski definition) is 0. The Hall–Kier alpha value is -3.75. The van der Waals surface area contributed by atoms with Crippen LogP contribution in [0.3, 0.4) is 0 Å². The molecule has 2 heterocycles. The monoisotopic (exact) mass is 477 g/mol. The predicted octanol–water partition coefficient (Wildman–Crippen LogP) is 4.92. The summed E-state index contributed by atoms with van der Waals surface area (Å²) in [6.07, 6.45) is -1.06. The van der Waals surface area contributed by atoms with E-state index in [1.54, 1.807) is 36.4 Å². The second-order valence-electron chi connectivity index (χ2n) is 8.43. The predicted molar refractivity (Wildman–Crippen MR) is 127 cm³/mol. The van der Waals surface area contributed by atoms with Crippen molar-refractivity contribution in [1.29, 1.82) is 0 Å². The van der Waals surface area contributed by atoms with E-state index in [0.29, 0.717) is 16.9 Å². The number of carbonyl (C=O) groups is 2. The summed E-state index contributed by atoms with van der Waals surface area (Å²) >= 11 is 6.03. The highest BCUT2D eigenvalue weighted by atomic mass is 35.5. The lowest BCUT2D eigenvalue weighted by atomic mass is 9.90. The SMILES string of the molecule is Cc1ccc(N2C(=O)[C@@H]3[C@H](ON(c4ccccc4)[C@@H]3c3ccc(Cl)c([N+](=O)[O-])c3)C2=O)c(C)c1. The van der Waals surface area contributed by atoms with Crippen molar-refractivity contribution in [2.75, 3.05) is 9.96 Å². The molecule has 0 bridgehead atoms. The zero-order valence-electron chi connectivity index (χ0n) is 18.3. The number of amides is 2. The molecule has 0 saturated carbocycles. The van der Waals surface area contributed by atoms with Crippen molar-refractivity contribution >= 4 is 40.5 Å². The number of halogens is 1. The summed E-state index contributed by atoms with van der Waals surface area (Å²) in [5, 5.41) is 13.0. The van der Waals surface area contributed by atoms with Crippen molar-refractivity contribution in [3.05, 3.63) is 98.6 Å². The molecule has 3 aromatic rings. The van der Waals surface area contributed by atoms with Gasteiger partial charge < -0.3 is 0 Å². The molecule has 3 aromatic carbocycles. The number of benzene rings is 3. The number of hydrogen-bond acceptors (Lipinski definition) is 6. The van der Waals surface area contributed by atoms with Crippen LogP contribution in [0.25, 0.3) is 0 Å². The summed E-state index contributed by atoms with van der Waals surface area (Å²) < 4.78 is 0. The van der Waals surface area contributed by atoms with E-state index in [2.05, 4.69) is 0 Å². The average Bonchev–Trinajstić information content (AvgIpc) is 3.31. The van der Waals surface area contributed by atoms with Crippen LogP contribution >= 0.6 is 11.6 Å². The van der Waals surface area contributed by atoms with Crippen LogP contribution in [0.1, 0.15) is 22.7 Å². The first-order chi connectivity index (χ1) is 16.3. The number of hydroxylamine groups is 1. The number of nitrogens with zero attached hydrogens (tertiary/aromatic N) is 3. The number of imide groups is 1. The molecule has 0 aliphatic carbocycles. The number of fused-ring (bicyclic) bond motifs is 1. The van der Waals surface area contributed by atoms with E-state index >= 15 is 0 Å². The standard InChI is InChI=1S/C25H20ClN3O5/c1-14-8-11-19(15(2)12-14)27-24(30)21-22(16-9-10-18(26)20(13-16)29(32)33)28(34-23(21)25(27)31)17-6-4-3-5-7-17/h3-13,21-23H,1-2H3/t21-,22+,23-/m0/s1. The first kappa shape index (κ1) is 22.1. The van der Waals surface area contributed by atoms with E-state index < -0.39 is 34.8 Å². The highest BCUT2D eigenvalue weighted by Crippen LogP contribution is 2.48. The van der Waals surface area contributed by atoms with Crippen LogP contribution in [-0.4, -0.2) is 22.8 Å². The lowest BCUT2D eigenvalue weighted by Gasteiger charge is -2.29. The molecule has 172 valence electrons. The summed E-state index contributed by atoms with van der Waals surface area (Å²) in [7, 11) is 0. The van der Waals surface area contributed by atoms with Gasteiger partial charge in [-0.1, -0.05) is 53.6 Å². The summed E-state index contributed by atoms with van der Waals surface area (Å²) in [6.45, 7) is 3.78. The molecule has 34 heavy (non-hydrogen) atoms. The van der Waals surface area contributed by atoms with Crippen LogP contribution in [0.15, 0.2) is 66.7 Å². The molecule has 0 spiro atoms. The molecule has 2 aliphatic rings. The molecule has 2 fully saturated rings. The first-order valence-electron chi connectivity index (χ1n) is 10.7. The van der Waals surface area contributed by atoms with Gasteiger partial charge in [-0.2, -0.15) is 0 Å². The van der Waals surface area contributed by atoms with Gasteiger partial charge in [0.25, 0.3) is 11.6 Å². The van der Waals surface area contributed by atoms with Crippen molar-refractivity contribution in [2.24, 2.45) is 5.92 Å². The Bertz CT molecular complexity index is 1330. The molecule has 2 amide bonds. The van der Waals surface area contributed by atoms with E-state index in [4.69, 9.17) is 16.4 Å². The fourth-order valence-corrected chi connectivity index (χ4v) is 4.89. The van der Waals surface area contributed by atoms with Crippen LogP contribution < -0.4 is 9.96 Å². The van der Waals surface area contributed by atoms with Gasteiger partial charge in [0, 0.05) is 6.07 Å². The average molecular weight is 478 g/mol. The van der Waals surface area contributed by atoms with E-state index in [1.165, 1.54) is 22.1 Å². The third-order valence-corrected chi connectivity index (χ3v) is 6.55. The molecule has 0 radical (unpaired) electrons. The van der Waals surface area contributed by atoms with Crippen LogP contribution in [0.4, 0.5) is 17.1 Å². The third-order valence-electron chi connectivity index (χ3n) is 6.23. The Labute approximate surface area is 200 Å². The molecule has 0 aromatic heterocycles. The largest absolute Gasteiger partial charge is 0.288 e. The number of aryl methyl sites for hydroxylation is 2. The number of nitro benzene ring substituents is 1. The molecule has 0 unspecified atom stereocenters. The number of para-hydroxylation sites is 1. The molecule has 9 heteroatoms. The third kappa shape index (κ3) is 3.43. The molecular formula is C25H20ClN3O5. The second-order valence-corrected chi connectivity index (χ2v) is 8.83. The van der Waals surface area contributed by atoms with Crippen LogP contribution in [0.2, 0.25) is 5.02 Å². The van der Waals surface area contributed by atoms with Crippen molar-refractivity contribution < 1.29 is 19.3 Å². The summed E-state index contributed by atoms with van der Waals surface area (Å²) in [5.41, 5.74) is 3.11. The number of anilines is 2. The van der Waals surface area contributed by atoms with Gasteiger partial charge in [0.2, 0.25) is 5.91 Å². The maximum absolute atomic E-state index is 13.7. The smallest absolute Gasteiger partial charge is 0.273 e. The van der Waals surface area contributed by atoms with Crippen molar-refractivity contribution in [1.82, 2.24) is 0 Å². The molecule has 2 saturated heterocycles. The van der Waals surface area contributed by atoms with Crippen LogP contribution in [0.5, 0.6) is 0 Å². The molecule has 3 atom stereocenters. The Balaban J connectivity index is 1.63. The van der Waals surface area contributed by atoms with Crippen LogP contribution in [0, 0.1) is 29.9 Å². The van der Waals surface area contributed by atoms with Gasteiger partial charge in [0.1, 0.15) is 10.9 Å². The summed E-state index contributed by atoms with van der Waals surface area (Å²) in [5.74, 6) is -1.77. The molecule has 0 N–H and O–H groups in total. The highest BCUT2D eigenvalue weighted by molar-refractivity contribution is 6.32. The maximum atomic E-state index is 13.7. The minimum Gasteiger partial charge on any atom is -0.273 e. The highest BCUT2D eigenvalue weighted by Gasteiger charge is 2.60. The van der Waals surface area contributed by atoms with E-state index in [-0.39, 0.29) is 10.7 Å². The van der Waals surface area contributed by atoms with Gasteiger partial charge >= 0.3 is 0 Å². The summed E-state index contributed by atoms with van der Waals surface area (Å²) in [6, 6.07) is 18.1. The summed E-state index contributed by atoms with van der Waals surface area (Å²) in [4.78, 5) is 45.4. The quantitative estimate of drug-likeness (QED) is 0.301. The fraction of sp³-hybridized carbons (Fsp3) is 0.200. The number of carbonyl (C=O) groups excluding carboxylic acids is 2. The first-order valence-corrected chi connectivity index (χ1v) is 11.1. The topological polar surface area (TPSA) is 93.0 Å². The second kappa shape index (κ2) is 8.23. The van der Waals surface area contributed by atoms with Crippen molar-refractivity contribution in [2.45, 2.75) is 26.0 Å². The van der Waals surface area contributed by atoms with Gasteiger partial charge in [0.05, 0.1) is 22.3 Å². The van der Waals surface area contributed by atoms with Crippen LogP contribution in [-0.2, 0) is 14.4 Å². The molecule has 8 nitrogen and oxygen atoms in total. The zero-order valence-corrected chi connectivity index (χ0v) is 19.1. The van der Waals surface area contributed by atoms with Crippen molar-refractivity contribution in [3.63, 3.8) is 0 Å².